The van der Waals surface area contributed by atoms with Gasteiger partial charge in [0.2, 0.25) is 0 Å². The average molecular weight is 322 g/mol. The molecule has 1 heteroatoms. The van der Waals surface area contributed by atoms with Gasteiger partial charge in [0.05, 0.1) is 0 Å². The molecule has 4 rings (SSSR count). The lowest BCUT2D eigenvalue weighted by Gasteiger charge is -2.41. The average Bonchev–Trinajstić information content (AvgIpc) is 3.24. The van der Waals surface area contributed by atoms with E-state index >= 15 is 0 Å². The Kier molecular flexibility index (Phi) is 4.29. The van der Waals surface area contributed by atoms with E-state index in [0.29, 0.717) is 11.1 Å². The largest absolute Gasteiger partial charge is 0.130 e. The van der Waals surface area contributed by atoms with E-state index in [9.17, 15) is 0 Å². The van der Waals surface area contributed by atoms with Crippen molar-refractivity contribution in [1.82, 2.24) is 0 Å². The first-order valence-corrected chi connectivity index (χ1v) is 9.75. The Morgan fingerprint density at radius 1 is 0.739 bits per heavy atom. The molecule has 5 atom stereocenters. The topological polar surface area (TPSA) is 0 Å². The van der Waals surface area contributed by atoms with Crippen molar-refractivity contribution in [3.8, 4) is 0 Å². The summed E-state index contributed by atoms with van der Waals surface area (Å²) in [4.78, 5) is 0. The maximum Gasteiger partial charge on any atom is -0.00478 e. The fourth-order valence-corrected chi connectivity index (χ4v) is 6.33. The van der Waals surface area contributed by atoms with E-state index in [1.807, 2.05) is 0 Å². The van der Waals surface area contributed by atoms with Crippen molar-refractivity contribution in [1.29, 1.82) is 0 Å². The fourth-order valence-electron chi connectivity index (χ4n) is 5.36. The van der Waals surface area contributed by atoms with E-state index in [1.54, 1.807) is 11.1 Å². The first-order chi connectivity index (χ1) is 11.3. The van der Waals surface area contributed by atoms with Gasteiger partial charge in [-0.2, -0.15) is 0 Å². The molecule has 2 aromatic carbocycles. The summed E-state index contributed by atoms with van der Waals surface area (Å²) in [6, 6.07) is 22.5. The minimum atomic E-state index is 0.387. The quantitative estimate of drug-likeness (QED) is 0.594. The normalized spacial score (nSPS) is 33.9. The van der Waals surface area contributed by atoms with Crippen LogP contribution in [0.15, 0.2) is 60.7 Å². The van der Waals surface area contributed by atoms with E-state index in [4.69, 9.17) is 0 Å². The zero-order valence-corrected chi connectivity index (χ0v) is 15.0. The van der Waals surface area contributed by atoms with Crippen molar-refractivity contribution in [2.24, 2.45) is 5.92 Å². The summed E-state index contributed by atoms with van der Waals surface area (Å²) in [7, 11) is 3.36. The van der Waals surface area contributed by atoms with Gasteiger partial charge in [-0.25, -0.2) is 0 Å². The summed E-state index contributed by atoms with van der Waals surface area (Å²) in [5, 5.41) is 0.387. The van der Waals surface area contributed by atoms with Gasteiger partial charge in [-0.15, -0.1) is 9.24 Å². The Balaban J connectivity index is 1.67. The van der Waals surface area contributed by atoms with Crippen LogP contribution in [0.25, 0.3) is 0 Å². The van der Waals surface area contributed by atoms with Gasteiger partial charge in [-0.05, 0) is 59.7 Å². The van der Waals surface area contributed by atoms with Crippen LogP contribution in [0.3, 0.4) is 0 Å². The van der Waals surface area contributed by atoms with Gasteiger partial charge in [0.15, 0.2) is 0 Å². The highest BCUT2D eigenvalue weighted by molar-refractivity contribution is 7.19. The van der Waals surface area contributed by atoms with Gasteiger partial charge in [0, 0.05) is 0 Å². The molecule has 2 aliphatic carbocycles. The third-order valence-electron chi connectivity index (χ3n) is 6.39. The summed E-state index contributed by atoms with van der Waals surface area (Å²) in [6.07, 6.45) is 8.25. The van der Waals surface area contributed by atoms with E-state index in [-0.39, 0.29) is 0 Å². The van der Waals surface area contributed by atoms with Gasteiger partial charge in [0.25, 0.3) is 0 Å². The van der Waals surface area contributed by atoms with Crippen LogP contribution in [0.2, 0.25) is 0 Å². The monoisotopic (exact) mass is 322 g/mol. The molecule has 0 radical (unpaired) electrons. The molecule has 2 fully saturated rings. The van der Waals surface area contributed by atoms with Crippen molar-refractivity contribution in [3.05, 3.63) is 71.8 Å². The van der Waals surface area contributed by atoms with Crippen LogP contribution < -0.4 is 0 Å². The van der Waals surface area contributed by atoms with Crippen molar-refractivity contribution in [2.75, 3.05) is 0 Å². The summed E-state index contributed by atoms with van der Waals surface area (Å²) < 4.78 is 0. The highest BCUT2D eigenvalue weighted by Crippen LogP contribution is 2.60. The lowest BCUT2D eigenvalue weighted by Crippen LogP contribution is -2.35. The molecule has 0 bridgehead atoms. The first-order valence-electron chi connectivity index (χ1n) is 9.18. The standard InChI is InChI=1S/C22H27P/c23-22(16-8-15-20(22)18-11-5-2-6-12-18)21-14-7-13-19(21)17-9-3-1-4-10-17/h1-6,9-12,19-21H,7-8,13-16,23H2/t19-,20+,21+,22-/m1/s1. The Morgan fingerprint density at radius 3 is 2.09 bits per heavy atom. The molecule has 2 aromatic rings. The van der Waals surface area contributed by atoms with Crippen molar-refractivity contribution < 1.29 is 0 Å². The molecule has 23 heavy (non-hydrogen) atoms. The van der Waals surface area contributed by atoms with Crippen LogP contribution in [0.4, 0.5) is 0 Å². The number of rotatable bonds is 3. The molecule has 0 amide bonds. The molecule has 0 aromatic heterocycles. The third kappa shape index (κ3) is 2.76. The molecule has 120 valence electrons. The number of hydrogen-bond acceptors (Lipinski definition) is 0. The van der Waals surface area contributed by atoms with Crippen LogP contribution in [0.5, 0.6) is 0 Å². The Labute approximate surface area is 142 Å². The fraction of sp³-hybridized carbons (Fsp3) is 0.455. The minimum absolute atomic E-state index is 0.387. The van der Waals surface area contributed by atoms with Gasteiger partial charge in [0.1, 0.15) is 0 Å². The van der Waals surface area contributed by atoms with E-state index in [2.05, 4.69) is 69.9 Å². The molecule has 2 saturated carbocycles. The number of benzene rings is 2. The molecular formula is C22H27P. The van der Waals surface area contributed by atoms with Gasteiger partial charge in [-0.3, -0.25) is 0 Å². The lowest BCUT2D eigenvalue weighted by molar-refractivity contribution is 0.327. The van der Waals surface area contributed by atoms with Crippen molar-refractivity contribution in [2.45, 2.75) is 55.5 Å². The van der Waals surface area contributed by atoms with Crippen LogP contribution in [-0.4, -0.2) is 5.16 Å². The smallest absolute Gasteiger partial charge is 0.00478 e. The van der Waals surface area contributed by atoms with E-state index < -0.39 is 0 Å². The second-order valence-electron chi connectivity index (χ2n) is 7.52. The minimum Gasteiger partial charge on any atom is -0.130 e. The molecule has 0 saturated heterocycles. The molecule has 0 aliphatic heterocycles. The predicted octanol–water partition coefficient (Wildman–Crippen LogP) is 6.15. The van der Waals surface area contributed by atoms with Gasteiger partial charge in [-0.1, -0.05) is 73.5 Å². The second kappa shape index (κ2) is 6.40. The summed E-state index contributed by atoms with van der Waals surface area (Å²) in [6.45, 7) is 0. The number of hydrogen-bond donors (Lipinski definition) is 0. The molecule has 0 N–H and O–H groups in total. The highest BCUT2D eigenvalue weighted by atomic mass is 31.0. The predicted molar refractivity (Wildman–Crippen MR) is 102 cm³/mol. The first kappa shape index (κ1) is 15.4. The van der Waals surface area contributed by atoms with Crippen LogP contribution >= 0.6 is 9.24 Å². The Morgan fingerprint density at radius 2 is 1.39 bits per heavy atom. The molecule has 0 spiro atoms. The van der Waals surface area contributed by atoms with Gasteiger partial charge < -0.3 is 0 Å². The maximum atomic E-state index is 3.36. The van der Waals surface area contributed by atoms with Crippen molar-refractivity contribution in [3.63, 3.8) is 0 Å². The second-order valence-corrected chi connectivity index (χ2v) is 8.60. The lowest BCUT2D eigenvalue weighted by atomic mass is 9.73. The zero-order valence-electron chi connectivity index (χ0n) is 13.8. The van der Waals surface area contributed by atoms with E-state index in [1.165, 1.54) is 38.5 Å². The summed E-state index contributed by atoms with van der Waals surface area (Å²) in [5.41, 5.74) is 3.12. The Bertz CT molecular complexity index is 636. The molecular weight excluding hydrogens is 295 g/mol. The molecule has 2 aliphatic rings. The van der Waals surface area contributed by atoms with Crippen LogP contribution in [0.1, 0.15) is 61.5 Å². The molecule has 1 unspecified atom stereocenters. The molecule has 0 nitrogen and oxygen atoms in total. The maximum absolute atomic E-state index is 3.36. The molecule has 0 heterocycles. The third-order valence-corrected chi connectivity index (χ3v) is 7.51. The van der Waals surface area contributed by atoms with Crippen molar-refractivity contribution >= 4 is 9.24 Å². The zero-order chi connectivity index (χ0) is 15.7. The highest BCUT2D eigenvalue weighted by Gasteiger charge is 2.49. The summed E-state index contributed by atoms with van der Waals surface area (Å²) in [5.74, 6) is 2.27. The SMILES string of the molecule is P[C@]1([C@H]2CCC[C@@H]2c2ccccc2)CCC[C@H]1c1ccccc1. The summed E-state index contributed by atoms with van der Waals surface area (Å²) >= 11 is 0. The van der Waals surface area contributed by atoms with Crippen LogP contribution in [-0.2, 0) is 0 Å². The Hall–Kier alpha value is -1.13. The van der Waals surface area contributed by atoms with Gasteiger partial charge >= 0.3 is 0 Å². The van der Waals surface area contributed by atoms with E-state index in [0.717, 1.165) is 11.8 Å². The van der Waals surface area contributed by atoms with Crippen LogP contribution in [0, 0.1) is 5.92 Å².